The van der Waals surface area contributed by atoms with Crippen LogP contribution in [0.15, 0.2) is 30.9 Å². The topological polar surface area (TPSA) is 79.0 Å². The van der Waals surface area contributed by atoms with Gasteiger partial charge in [-0.2, -0.15) is 10.1 Å². The average molecular weight is 429 g/mol. The van der Waals surface area contributed by atoms with Crippen LogP contribution in [0.1, 0.15) is 47.5 Å². The summed E-state index contributed by atoms with van der Waals surface area (Å²) in [4.78, 5) is 9.24. The summed E-state index contributed by atoms with van der Waals surface area (Å²) in [6, 6.07) is 2.09. The minimum Gasteiger partial charge on any atom is -0.353 e. The van der Waals surface area contributed by atoms with Crippen molar-refractivity contribution >= 4 is 22.7 Å². The van der Waals surface area contributed by atoms with E-state index in [1.165, 1.54) is 12.8 Å². The highest BCUT2D eigenvalue weighted by Crippen LogP contribution is 2.23. The van der Waals surface area contributed by atoms with E-state index in [1.807, 2.05) is 30.9 Å². The largest absolute Gasteiger partial charge is 0.353 e. The SMILES string of the molecule is CCC[C@H](Cn1ccc2cnc(Nc3cnn(CCOCOC(C)C)c3)nc21)C(C)C. The van der Waals surface area contributed by atoms with E-state index in [0.717, 1.165) is 23.3 Å². The molecule has 31 heavy (non-hydrogen) atoms. The van der Waals surface area contributed by atoms with Gasteiger partial charge in [-0.25, -0.2) is 4.98 Å². The molecule has 3 heterocycles. The van der Waals surface area contributed by atoms with E-state index >= 15 is 0 Å². The summed E-state index contributed by atoms with van der Waals surface area (Å²) in [5, 5.41) is 8.69. The van der Waals surface area contributed by atoms with Gasteiger partial charge < -0.3 is 19.4 Å². The lowest BCUT2D eigenvalue weighted by atomic mass is 9.91. The molecule has 0 spiro atoms. The number of hydrogen-bond donors (Lipinski definition) is 1. The van der Waals surface area contributed by atoms with E-state index in [-0.39, 0.29) is 6.10 Å². The van der Waals surface area contributed by atoms with Crippen LogP contribution in [-0.4, -0.2) is 43.8 Å². The summed E-state index contributed by atoms with van der Waals surface area (Å²) in [5.41, 5.74) is 1.81. The molecule has 0 bridgehead atoms. The van der Waals surface area contributed by atoms with Gasteiger partial charge in [-0.05, 0) is 38.2 Å². The lowest BCUT2D eigenvalue weighted by Crippen LogP contribution is -2.16. The molecule has 1 N–H and O–H groups in total. The highest BCUT2D eigenvalue weighted by atomic mass is 16.7. The first-order valence-corrected chi connectivity index (χ1v) is 11.3. The summed E-state index contributed by atoms with van der Waals surface area (Å²) in [7, 11) is 0. The van der Waals surface area contributed by atoms with Crippen molar-refractivity contribution in [1.82, 2.24) is 24.3 Å². The fourth-order valence-corrected chi connectivity index (χ4v) is 3.52. The molecule has 3 aromatic heterocycles. The average Bonchev–Trinajstić information content (AvgIpc) is 3.34. The molecular formula is C23H36N6O2. The van der Waals surface area contributed by atoms with Crippen molar-refractivity contribution in [2.75, 3.05) is 18.7 Å². The molecule has 0 fully saturated rings. The van der Waals surface area contributed by atoms with Gasteiger partial charge in [0, 0.05) is 30.5 Å². The zero-order chi connectivity index (χ0) is 22.2. The molecule has 0 aromatic carbocycles. The molecule has 0 saturated heterocycles. The molecule has 170 valence electrons. The minimum atomic E-state index is 0.168. The van der Waals surface area contributed by atoms with Crippen molar-refractivity contribution in [3.8, 4) is 0 Å². The molecule has 0 amide bonds. The fraction of sp³-hybridized carbons (Fsp3) is 0.609. The third-order valence-electron chi connectivity index (χ3n) is 5.37. The molecule has 0 aliphatic rings. The van der Waals surface area contributed by atoms with Gasteiger partial charge in [0.05, 0.1) is 31.1 Å². The Morgan fingerprint density at radius 1 is 1.16 bits per heavy atom. The normalized spacial score (nSPS) is 12.9. The van der Waals surface area contributed by atoms with Crippen molar-refractivity contribution in [3.05, 3.63) is 30.9 Å². The first-order valence-electron chi connectivity index (χ1n) is 11.3. The molecule has 8 heteroatoms. The summed E-state index contributed by atoms with van der Waals surface area (Å²) < 4.78 is 14.9. The third-order valence-corrected chi connectivity index (χ3v) is 5.37. The molecule has 3 aromatic rings. The predicted molar refractivity (Wildman–Crippen MR) is 123 cm³/mol. The number of nitrogens with zero attached hydrogens (tertiary/aromatic N) is 5. The van der Waals surface area contributed by atoms with Gasteiger partial charge in [0.2, 0.25) is 5.95 Å². The maximum absolute atomic E-state index is 5.46. The van der Waals surface area contributed by atoms with Crippen molar-refractivity contribution in [2.24, 2.45) is 11.8 Å². The monoisotopic (exact) mass is 428 g/mol. The summed E-state index contributed by atoms with van der Waals surface area (Å²) in [6.07, 6.45) is 10.3. The highest BCUT2D eigenvalue weighted by molar-refractivity contribution is 5.76. The second kappa shape index (κ2) is 11.2. The smallest absolute Gasteiger partial charge is 0.229 e. The van der Waals surface area contributed by atoms with E-state index in [2.05, 4.69) is 53.0 Å². The second-order valence-corrected chi connectivity index (χ2v) is 8.59. The first kappa shape index (κ1) is 23.2. The molecular weight excluding hydrogens is 392 g/mol. The van der Waals surface area contributed by atoms with Gasteiger partial charge >= 0.3 is 0 Å². The molecule has 1 atom stereocenters. The maximum Gasteiger partial charge on any atom is 0.229 e. The molecule has 0 unspecified atom stereocenters. The van der Waals surface area contributed by atoms with Crippen molar-refractivity contribution in [1.29, 1.82) is 0 Å². The molecule has 0 radical (unpaired) electrons. The van der Waals surface area contributed by atoms with E-state index < -0.39 is 0 Å². The number of ether oxygens (including phenoxy) is 2. The van der Waals surface area contributed by atoms with Crippen LogP contribution in [0.25, 0.3) is 11.0 Å². The Balaban J connectivity index is 1.61. The zero-order valence-corrected chi connectivity index (χ0v) is 19.4. The minimum absolute atomic E-state index is 0.168. The van der Waals surface area contributed by atoms with Crippen LogP contribution in [-0.2, 0) is 22.6 Å². The molecule has 0 aliphatic heterocycles. The standard InChI is InChI=1S/C23H36N6O2/c1-6-7-20(17(2)3)14-28-9-8-19-12-24-23(27-22(19)28)26-21-13-25-29(15-21)10-11-30-16-31-18(4)5/h8-9,12-13,15,17-18,20H,6-7,10-11,14,16H2,1-5H3,(H,24,26,27)/t20-/m1/s1. The van der Waals surface area contributed by atoms with Crippen LogP contribution in [0.3, 0.4) is 0 Å². The van der Waals surface area contributed by atoms with Crippen LogP contribution < -0.4 is 5.32 Å². The predicted octanol–water partition coefficient (Wildman–Crippen LogP) is 4.84. The van der Waals surface area contributed by atoms with Gasteiger partial charge in [-0.3, -0.25) is 4.68 Å². The van der Waals surface area contributed by atoms with E-state index in [0.29, 0.717) is 37.7 Å². The van der Waals surface area contributed by atoms with Crippen LogP contribution in [0, 0.1) is 11.8 Å². The zero-order valence-electron chi connectivity index (χ0n) is 19.4. The Morgan fingerprint density at radius 3 is 2.74 bits per heavy atom. The van der Waals surface area contributed by atoms with Gasteiger partial charge in [0.15, 0.2) is 0 Å². The summed E-state index contributed by atoms with van der Waals surface area (Å²) in [6.45, 7) is 13.3. The van der Waals surface area contributed by atoms with Gasteiger partial charge in [0.25, 0.3) is 0 Å². The Morgan fingerprint density at radius 2 is 2.00 bits per heavy atom. The van der Waals surface area contributed by atoms with Crippen LogP contribution in [0.2, 0.25) is 0 Å². The number of anilines is 2. The highest BCUT2D eigenvalue weighted by Gasteiger charge is 2.15. The first-order chi connectivity index (χ1) is 15.0. The molecule has 8 nitrogen and oxygen atoms in total. The van der Waals surface area contributed by atoms with Crippen molar-refractivity contribution < 1.29 is 9.47 Å². The van der Waals surface area contributed by atoms with Crippen LogP contribution in [0.4, 0.5) is 11.6 Å². The number of hydrogen-bond acceptors (Lipinski definition) is 6. The summed E-state index contributed by atoms with van der Waals surface area (Å²) in [5.74, 6) is 1.85. The fourth-order valence-electron chi connectivity index (χ4n) is 3.52. The number of rotatable bonds is 13. The van der Waals surface area contributed by atoms with Crippen LogP contribution >= 0.6 is 0 Å². The lowest BCUT2D eigenvalue weighted by Gasteiger charge is -2.21. The van der Waals surface area contributed by atoms with E-state index in [9.17, 15) is 0 Å². The van der Waals surface area contributed by atoms with Crippen molar-refractivity contribution in [2.45, 2.75) is 66.7 Å². The quantitative estimate of drug-likeness (QED) is 0.310. The number of nitrogens with one attached hydrogen (secondary N) is 1. The van der Waals surface area contributed by atoms with Gasteiger partial charge in [0.1, 0.15) is 12.4 Å². The molecule has 0 aliphatic carbocycles. The van der Waals surface area contributed by atoms with Crippen LogP contribution in [0.5, 0.6) is 0 Å². The molecule has 3 rings (SSSR count). The lowest BCUT2D eigenvalue weighted by molar-refractivity contribution is -0.0804. The van der Waals surface area contributed by atoms with E-state index in [1.54, 1.807) is 6.20 Å². The van der Waals surface area contributed by atoms with E-state index in [4.69, 9.17) is 14.5 Å². The molecule has 0 saturated carbocycles. The van der Waals surface area contributed by atoms with Gasteiger partial charge in [-0.15, -0.1) is 0 Å². The Kier molecular flexibility index (Phi) is 8.43. The Labute approximate surface area is 185 Å². The van der Waals surface area contributed by atoms with Crippen molar-refractivity contribution in [3.63, 3.8) is 0 Å². The Hall–Kier alpha value is -2.45. The second-order valence-electron chi connectivity index (χ2n) is 8.59. The maximum atomic E-state index is 5.46. The Bertz CT molecular complexity index is 933. The number of aromatic nitrogens is 5. The number of fused-ring (bicyclic) bond motifs is 1. The summed E-state index contributed by atoms with van der Waals surface area (Å²) >= 11 is 0. The van der Waals surface area contributed by atoms with Gasteiger partial charge in [-0.1, -0.05) is 27.2 Å². The third kappa shape index (κ3) is 6.77.